The number of aliphatic carboxylic acids is 1. The molecular weight excluding hydrogens is 238 g/mol. The Morgan fingerprint density at radius 2 is 2.00 bits per heavy atom. The number of carboxylic acid groups (broad SMARTS) is 1. The molecule has 0 aromatic carbocycles. The van der Waals surface area contributed by atoms with Crippen LogP contribution < -0.4 is 5.32 Å². The van der Waals surface area contributed by atoms with Crippen LogP contribution in [0.3, 0.4) is 0 Å². The quantitative estimate of drug-likeness (QED) is 0.809. The van der Waals surface area contributed by atoms with Crippen molar-refractivity contribution < 1.29 is 14.7 Å². The molecule has 17 heavy (non-hydrogen) atoms. The Morgan fingerprint density at radius 3 is 2.53 bits per heavy atom. The molecule has 1 aliphatic carbocycles. The van der Waals surface area contributed by atoms with Gasteiger partial charge in [0.15, 0.2) is 0 Å². The minimum Gasteiger partial charge on any atom is -0.481 e. The Labute approximate surface area is 107 Å². The maximum atomic E-state index is 11.7. The number of carbonyl (C=O) groups is 2. The fourth-order valence-corrected chi connectivity index (χ4v) is 2.61. The summed E-state index contributed by atoms with van der Waals surface area (Å²) < 4.78 is 0.0548. The summed E-state index contributed by atoms with van der Waals surface area (Å²) in [4.78, 5) is 22.6. The maximum absolute atomic E-state index is 11.7. The molecule has 2 atom stereocenters. The van der Waals surface area contributed by atoms with Gasteiger partial charge in [0.25, 0.3) is 0 Å². The molecule has 0 bridgehead atoms. The molecule has 0 radical (unpaired) electrons. The molecule has 5 heteroatoms. The summed E-state index contributed by atoms with van der Waals surface area (Å²) in [6.45, 7) is 6.17. The fourth-order valence-electron chi connectivity index (χ4n) is 1.96. The number of carboxylic acids is 1. The normalized spacial score (nSPS) is 24.6. The average Bonchev–Trinajstić information content (AvgIpc) is 2.62. The summed E-state index contributed by atoms with van der Waals surface area (Å²) in [6, 6.07) is -0.180. The third-order valence-electron chi connectivity index (χ3n) is 2.82. The second-order valence-corrected chi connectivity index (χ2v) is 7.25. The molecule has 0 spiro atoms. The molecule has 1 aliphatic rings. The number of hydrogen-bond donors (Lipinski definition) is 2. The van der Waals surface area contributed by atoms with E-state index < -0.39 is 11.9 Å². The SMILES string of the molecule is CC(C)(C)SCC(=O)NC1CCCC1C(=O)O. The lowest BCUT2D eigenvalue weighted by Crippen LogP contribution is -2.41. The third-order valence-corrected chi connectivity index (χ3v) is 4.09. The lowest BCUT2D eigenvalue weighted by atomic mass is 10.0. The van der Waals surface area contributed by atoms with Crippen LogP contribution in [0.1, 0.15) is 40.0 Å². The molecule has 0 aliphatic heterocycles. The van der Waals surface area contributed by atoms with Gasteiger partial charge in [0.05, 0.1) is 11.7 Å². The van der Waals surface area contributed by atoms with Crippen LogP contribution in [-0.4, -0.2) is 33.5 Å². The van der Waals surface area contributed by atoms with Crippen molar-refractivity contribution >= 4 is 23.6 Å². The highest BCUT2D eigenvalue weighted by Crippen LogP contribution is 2.27. The van der Waals surface area contributed by atoms with Crippen molar-refractivity contribution in [3.05, 3.63) is 0 Å². The monoisotopic (exact) mass is 259 g/mol. The Kier molecular flexibility index (Phi) is 4.86. The van der Waals surface area contributed by atoms with Crippen LogP contribution in [0.25, 0.3) is 0 Å². The molecule has 1 fully saturated rings. The minimum atomic E-state index is -0.795. The van der Waals surface area contributed by atoms with Crippen LogP contribution in [-0.2, 0) is 9.59 Å². The van der Waals surface area contributed by atoms with E-state index in [1.54, 1.807) is 11.8 Å². The van der Waals surface area contributed by atoms with Gasteiger partial charge in [-0.25, -0.2) is 0 Å². The van der Waals surface area contributed by atoms with Gasteiger partial charge in [0.1, 0.15) is 0 Å². The molecule has 4 nitrogen and oxygen atoms in total. The van der Waals surface area contributed by atoms with Crippen molar-refractivity contribution in [2.24, 2.45) is 5.92 Å². The first-order valence-corrected chi connectivity index (χ1v) is 6.94. The Hall–Kier alpha value is -0.710. The predicted molar refractivity (Wildman–Crippen MR) is 69.1 cm³/mol. The number of carbonyl (C=O) groups excluding carboxylic acids is 1. The number of hydrogen-bond acceptors (Lipinski definition) is 3. The molecule has 0 aromatic heterocycles. The average molecular weight is 259 g/mol. The molecule has 98 valence electrons. The van der Waals surface area contributed by atoms with Gasteiger partial charge in [-0.05, 0) is 12.8 Å². The molecule has 0 aromatic rings. The summed E-state index contributed by atoms with van der Waals surface area (Å²) in [7, 11) is 0. The topological polar surface area (TPSA) is 66.4 Å². The Morgan fingerprint density at radius 1 is 1.35 bits per heavy atom. The lowest BCUT2D eigenvalue weighted by Gasteiger charge is -2.20. The Balaban J connectivity index is 2.38. The lowest BCUT2D eigenvalue weighted by molar-refractivity contribution is -0.142. The fraction of sp³-hybridized carbons (Fsp3) is 0.833. The van der Waals surface area contributed by atoms with E-state index in [0.717, 1.165) is 12.8 Å². The summed E-state index contributed by atoms with van der Waals surface area (Å²) in [5.41, 5.74) is 0. The van der Waals surface area contributed by atoms with Crippen molar-refractivity contribution in [1.29, 1.82) is 0 Å². The predicted octanol–water partition coefficient (Wildman–Crippen LogP) is 1.89. The first-order valence-electron chi connectivity index (χ1n) is 5.96. The molecule has 1 saturated carbocycles. The van der Waals surface area contributed by atoms with Crippen LogP contribution in [0.4, 0.5) is 0 Å². The maximum Gasteiger partial charge on any atom is 0.308 e. The van der Waals surface area contributed by atoms with Gasteiger partial charge >= 0.3 is 5.97 Å². The standard InChI is InChI=1S/C12H21NO3S/c1-12(2,3)17-7-10(14)13-9-6-4-5-8(9)11(15)16/h8-9H,4-7H2,1-3H3,(H,13,14)(H,15,16). The summed E-state index contributed by atoms with van der Waals surface area (Å²) in [5.74, 6) is -0.857. The smallest absolute Gasteiger partial charge is 0.308 e. The van der Waals surface area contributed by atoms with Gasteiger partial charge in [-0.2, -0.15) is 0 Å². The van der Waals surface area contributed by atoms with E-state index in [0.29, 0.717) is 12.2 Å². The van der Waals surface area contributed by atoms with Crippen molar-refractivity contribution in [2.75, 3.05) is 5.75 Å². The van der Waals surface area contributed by atoms with E-state index in [9.17, 15) is 9.59 Å². The van der Waals surface area contributed by atoms with Crippen LogP contribution >= 0.6 is 11.8 Å². The van der Waals surface area contributed by atoms with Gasteiger partial charge in [0.2, 0.25) is 5.91 Å². The van der Waals surface area contributed by atoms with Gasteiger partial charge in [0, 0.05) is 10.8 Å². The molecule has 2 N–H and O–H groups in total. The van der Waals surface area contributed by atoms with Crippen LogP contribution in [0.2, 0.25) is 0 Å². The number of amides is 1. The zero-order valence-electron chi connectivity index (χ0n) is 10.7. The highest BCUT2D eigenvalue weighted by Gasteiger charge is 2.33. The first kappa shape index (κ1) is 14.4. The molecule has 1 amide bonds. The summed E-state index contributed by atoms with van der Waals surface area (Å²) >= 11 is 1.58. The van der Waals surface area contributed by atoms with Crippen molar-refractivity contribution in [2.45, 2.75) is 50.8 Å². The van der Waals surface area contributed by atoms with E-state index >= 15 is 0 Å². The van der Waals surface area contributed by atoms with Gasteiger partial charge in [-0.15, -0.1) is 11.8 Å². The van der Waals surface area contributed by atoms with E-state index in [2.05, 4.69) is 26.1 Å². The highest BCUT2D eigenvalue weighted by molar-refractivity contribution is 8.01. The van der Waals surface area contributed by atoms with Gasteiger partial charge in [-0.3, -0.25) is 9.59 Å². The van der Waals surface area contributed by atoms with Gasteiger partial charge in [-0.1, -0.05) is 27.2 Å². The van der Waals surface area contributed by atoms with E-state index in [1.165, 1.54) is 0 Å². The molecule has 1 rings (SSSR count). The third kappa shape index (κ3) is 4.98. The second-order valence-electron chi connectivity index (χ2n) is 5.45. The molecule has 0 saturated heterocycles. The minimum absolute atomic E-state index is 0.0527. The summed E-state index contributed by atoms with van der Waals surface area (Å²) in [5, 5.41) is 11.8. The van der Waals surface area contributed by atoms with Crippen LogP contribution in [0.5, 0.6) is 0 Å². The van der Waals surface area contributed by atoms with Crippen molar-refractivity contribution in [3.8, 4) is 0 Å². The number of rotatable bonds is 4. The second kappa shape index (κ2) is 5.76. The number of thioether (sulfide) groups is 1. The van der Waals surface area contributed by atoms with Crippen molar-refractivity contribution in [3.63, 3.8) is 0 Å². The molecular formula is C12H21NO3S. The molecule has 2 unspecified atom stereocenters. The van der Waals surface area contributed by atoms with E-state index in [4.69, 9.17) is 5.11 Å². The summed E-state index contributed by atoms with van der Waals surface area (Å²) in [6.07, 6.45) is 2.34. The van der Waals surface area contributed by atoms with E-state index in [-0.39, 0.29) is 16.7 Å². The zero-order chi connectivity index (χ0) is 13.1. The van der Waals surface area contributed by atoms with Crippen molar-refractivity contribution in [1.82, 2.24) is 5.32 Å². The highest BCUT2D eigenvalue weighted by atomic mass is 32.2. The molecule has 0 heterocycles. The zero-order valence-corrected chi connectivity index (χ0v) is 11.5. The largest absolute Gasteiger partial charge is 0.481 e. The first-order chi connectivity index (χ1) is 7.79. The van der Waals surface area contributed by atoms with Crippen LogP contribution in [0, 0.1) is 5.92 Å². The number of nitrogens with one attached hydrogen (secondary N) is 1. The van der Waals surface area contributed by atoms with Gasteiger partial charge < -0.3 is 10.4 Å². The van der Waals surface area contributed by atoms with E-state index in [1.807, 2.05) is 0 Å². The Bertz CT molecular complexity index is 299. The van der Waals surface area contributed by atoms with Crippen LogP contribution in [0.15, 0.2) is 0 Å².